The number of para-hydroxylation sites is 4. The molecule has 14 aromatic rings. The van der Waals surface area contributed by atoms with Crippen molar-refractivity contribution in [3.05, 3.63) is 273 Å². The van der Waals surface area contributed by atoms with Crippen LogP contribution in [0, 0.1) is 0 Å². The zero-order chi connectivity index (χ0) is 46.8. The number of aromatic nitrogens is 2. The highest BCUT2D eigenvalue weighted by Gasteiger charge is 2.23. The molecule has 0 atom stereocenters. The summed E-state index contributed by atoms with van der Waals surface area (Å²) in [5, 5.41) is 9.70. The van der Waals surface area contributed by atoms with Gasteiger partial charge in [0.1, 0.15) is 0 Å². The minimum Gasteiger partial charge on any atom is -0.309 e. The Balaban J connectivity index is 0.953. The molecule has 0 bridgehead atoms. The van der Waals surface area contributed by atoms with E-state index >= 15 is 0 Å². The van der Waals surface area contributed by atoms with Crippen LogP contribution in [0.15, 0.2) is 273 Å². The maximum absolute atomic E-state index is 2.48. The summed E-state index contributed by atoms with van der Waals surface area (Å²) in [6.07, 6.45) is 0. The van der Waals surface area contributed by atoms with Crippen LogP contribution in [0.2, 0.25) is 0 Å². The van der Waals surface area contributed by atoms with Crippen molar-refractivity contribution in [1.82, 2.24) is 9.13 Å². The summed E-state index contributed by atoms with van der Waals surface area (Å²) in [6.45, 7) is 0. The zero-order valence-corrected chi connectivity index (χ0v) is 38.8. The first-order valence-corrected chi connectivity index (χ1v) is 24.4. The fourth-order valence-electron chi connectivity index (χ4n) is 11.3. The third kappa shape index (κ3) is 6.66. The summed E-state index contributed by atoms with van der Waals surface area (Å²) in [7, 11) is 0. The monoisotopic (exact) mass is 903 g/mol. The fraction of sp³-hybridized carbons (Fsp3) is 0. The molecule has 71 heavy (non-hydrogen) atoms. The lowest BCUT2D eigenvalue weighted by Gasteiger charge is -2.29. The van der Waals surface area contributed by atoms with Crippen molar-refractivity contribution in [1.29, 1.82) is 0 Å². The minimum absolute atomic E-state index is 1.08. The Morgan fingerprint density at radius 1 is 0.239 bits per heavy atom. The first kappa shape index (κ1) is 40.6. The molecule has 0 saturated carbocycles. The summed E-state index contributed by atoms with van der Waals surface area (Å²) in [4.78, 5) is 2.48. The van der Waals surface area contributed by atoms with Crippen LogP contribution in [0.4, 0.5) is 17.1 Å². The smallest absolute Gasteiger partial charge is 0.0542 e. The van der Waals surface area contributed by atoms with Crippen LogP contribution in [0.3, 0.4) is 0 Å². The third-order valence-corrected chi connectivity index (χ3v) is 14.5. The number of fused-ring (bicyclic) bond motifs is 8. The number of rotatable bonds is 8. The van der Waals surface area contributed by atoms with Gasteiger partial charge in [-0.3, -0.25) is 0 Å². The molecular formula is C68H45N3. The standard InChI is InChI=1S/C68H45N3/c1-3-17-46(18-4-1)47-31-33-48(34-32-47)49-35-38-52(39-36-49)70(66-43-44-67(59-24-10-9-23-58(59)66)71-63-29-15-11-25-56(63)57-26-12-16-30-64(57)71)65-42-40-53(54-21-7-8-22-55(54)65)50-37-41-68-61(45-50)60-27-13-14-28-62(60)69(68)51-19-5-2-6-20-51/h1-45H. The first-order chi connectivity index (χ1) is 35.2. The second kappa shape index (κ2) is 16.7. The van der Waals surface area contributed by atoms with Gasteiger partial charge in [-0.25, -0.2) is 0 Å². The van der Waals surface area contributed by atoms with E-state index in [-0.39, 0.29) is 0 Å². The largest absolute Gasteiger partial charge is 0.309 e. The molecule has 0 unspecified atom stereocenters. The topological polar surface area (TPSA) is 13.1 Å². The Bertz CT molecular complexity index is 4260. The van der Waals surface area contributed by atoms with Gasteiger partial charge in [-0.2, -0.15) is 0 Å². The van der Waals surface area contributed by atoms with Crippen LogP contribution in [0.1, 0.15) is 0 Å². The number of hydrogen-bond donors (Lipinski definition) is 0. The van der Waals surface area contributed by atoms with Crippen molar-refractivity contribution < 1.29 is 0 Å². The van der Waals surface area contributed by atoms with Crippen molar-refractivity contribution in [2.45, 2.75) is 0 Å². The van der Waals surface area contributed by atoms with Crippen molar-refractivity contribution >= 4 is 82.2 Å². The van der Waals surface area contributed by atoms with Crippen LogP contribution >= 0.6 is 0 Å². The molecule has 0 aliphatic carbocycles. The van der Waals surface area contributed by atoms with Crippen LogP contribution in [-0.4, -0.2) is 9.13 Å². The quantitative estimate of drug-likeness (QED) is 0.148. The van der Waals surface area contributed by atoms with Gasteiger partial charge < -0.3 is 14.0 Å². The van der Waals surface area contributed by atoms with E-state index in [2.05, 4.69) is 287 Å². The Kier molecular flexibility index (Phi) is 9.53. The van der Waals surface area contributed by atoms with Gasteiger partial charge in [-0.1, -0.05) is 200 Å². The van der Waals surface area contributed by atoms with E-state index in [0.29, 0.717) is 0 Å². The number of hydrogen-bond acceptors (Lipinski definition) is 1. The maximum atomic E-state index is 2.48. The second-order valence-corrected chi connectivity index (χ2v) is 18.4. The van der Waals surface area contributed by atoms with E-state index in [0.717, 1.165) is 28.4 Å². The number of nitrogens with zero attached hydrogens (tertiary/aromatic N) is 3. The van der Waals surface area contributed by atoms with Crippen molar-refractivity contribution in [2.24, 2.45) is 0 Å². The van der Waals surface area contributed by atoms with E-state index < -0.39 is 0 Å². The molecule has 332 valence electrons. The fourth-order valence-corrected chi connectivity index (χ4v) is 11.3. The lowest BCUT2D eigenvalue weighted by molar-refractivity contribution is 1.18. The summed E-state index contributed by atoms with van der Waals surface area (Å²) < 4.78 is 4.83. The van der Waals surface area contributed by atoms with Gasteiger partial charge in [0.05, 0.1) is 39.1 Å². The molecule has 2 aromatic heterocycles. The number of benzene rings is 12. The van der Waals surface area contributed by atoms with Crippen LogP contribution < -0.4 is 4.90 Å². The molecule has 0 N–H and O–H groups in total. The lowest BCUT2D eigenvalue weighted by Crippen LogP contribution is -2.12. The molecule has 12 aromatic carbocycles. The molecule has 0 aliphatic heterocycles. The lowest BCUT2D eigenvalue weighted by atomic mass is 9.94. The van der Waals surface area contributed by atoms with Gasteiger partial charge in [-0.15, -0.1) is 0 Å². The predicted molar refractivity (Wildman–Crippen MR) is 301 cm³/mol. The molecule has 14 rings (SSSR count). The summed E-state index contributed by atoms with van der Waals surface area (Å²) in [6, 6.07) is 99.8. The molecule has 2 heterocycles. The third-order valence-electron chi connectivity index (χ3n) is 14.5. The molecule has 0 fully saturated rings. The van der Waals surface area contributed by atoms with Gasteiger partial charge >= 0.3 is 0 Å². The average Bonchev–Trinajstić information content (AvgIpc) is 3.96. The zero-order valence-electron chi connectivity index (χ0n) is 38.8. The van der Waals surface area contributed by atoms with Crippen LogP contribution in [0.5, 0.6) is 0 Å². The van der Waals surface area contributed by atoms with Gasteiger partial charge in [0.15, 0.2) is 0 Å². The first-order valence-electron chi connectivity index (χ1n) is 24.4. The number of anilines is 3. The van der Waals surface area contributed by atoms with Gasteiger partial charge in [-0.05, 0) is 112 Å². The molecule has 0 amide bonds. The molecule has 0 aliphatic rings. The Morgan fingerprint density at radius 2 is 0.648 bits per heavy atom. The minimum atomic E-state index is 1.08. The van der Waals surface area contributed by atoms with E-state index in [1.54, 1.807) is 0 Å². The van der Waals surface area contributed by atoms with Crippen LogP contribution in [0.25, 0.3) is 110 Å². The molecule has 0 spiro atoms. The highest BCUT2D eigenvalue weighted by molar-refractivity contribution is 6.15. The van der Waals surface area contributed by atoms with Crippen molar-refractivity contribution in [2.75, 3.05) is 4.90 Å². The average molecular weight is 904 g/mol. The summed E-state index contributed by atoms with van der Waals surface area (Å²) >= 11 is 0. The van der Waals surface area contributed by atoms with Crippen molar-refractivity contribution in [3.63, 3.8) is 0 Å². The van der Waals surface area contributed by atoms with Crippen LogP contribution in [-0.2, 0) is 0 Å². The summed E-state index contributed by atoms with van der Waals surface area (Å²) in [5.41, 5.74) is 17.6. The van der Waals surface area contributed by atoms with E-state index in [4.69, 9.17) is 0 Å². The molecule has 0 radical (unpaired) electrons. The SMILES string of the molecule is c1ccc(-c2ccc(-c3ccc(N(c4ccc(-c5ccc6c(c5)c5ccccc5n6-c5ccccc5)c5ccccc45)c4ccc(-n5c6ccccc6c6ccccc65)c5ccccc45)cc3)cc2)cc1. The molecular weight excluding hydrogens is 859 g/mol. The summed E-state index contributed by atoms with van der Waals surface area (Å²) in [5.74, 6) is 0. The molecule has 3 nitrogen and oxygen atoms in total. The van der Waals surface area contributed by atoms with E-state index in [9.17, 15) is 0 Å². The van der Waals surface area contributed by atoms with E-state index in [1.165, 1.54) is 98.5 Å². The van der Waals surface area contributed by atoms with Crippen molar-refractivity contribution in [3.8, 4) is 44.8 Å². The highest BCUT2D eigenvalue weighted by Crippen LogP contribution is 2.47. The van der Waals surface area contributed by atoms with Gasteiger partial charge in [0.25, 0.3) is 0 Å². The normalized spacial score (nSPS) is 11.7. The molecule has 3 heteroatoms. The predicted octanol–water partition coefficient (Wildman–Crippen LogP) is 18.7. The van der Waals surface area contributed by atoms with Gasteiger partial charge in [0, 0.05) is 49.1 Å². The Labute approximate surface area is 412 Å². The van der Waals surface area contributed by atoms with E-state index in [1.807, 2.05) is 0 Å². The Morgan fingerprint density at radius 3 is 1.25 bits per heavy atom. The second-order valence-electron chi connectivity index (χ2n) is 18.4. The maximum Gasteiger partial charge on any atom is 0.0542 e. The Hall–Kier alpha value is -9.44. The highest BCUT2D eigenvalue weighted by atomic mass is 15.1. The molecule has 0 saturated heterocycles. The van der Waals surface area contributed by atoms with Gasteiger partial charge in [0.2, 0.25) is 0 Å².